The van der Waals surface area contributed by atoms with Gasteiger partial charge in [-0.2, -0.15) is 18.3 Å². The molecule has 0 radical (unpaired) electrons. The molecule has 1 aromatic heterocycles. The third-order valence-electron chi connectivity index (χ3n) is 8.24. The highest BCUT2D eigenvalue weighted by Crippen LogP contribution is 2.44. The van der Waals surface area contributed by atoms with Gasteiger partial charge >= 0.3 is 6.18 Å². The van der Waals surface area contributed by atoms with E-state index in [1.165, 1.54) is 50.0 Å². The zero-order valence-corrected chi connectivity index (χ0v) is 27.3. The first-order chi connectivity index (χ1) is 22.8. The number of benzene rings is 3. The standard InChI is InChI=1S/C34H38F4N6O5/c1-19-12-26(41-18-33(48,34(36,37)38)17-32(2,3)24-15-21(35)8-10-28(24)49-4)23-16-42-44(27(23)13-19)22-7-5-6-20(14-22)31(47)43-25(30(40)46)9-11-29(39)45/h5-8,10,12-16,25,41,48H,9,11,17-18H2,1-4H3,(H2,39,45)(H2,40,46)(H,43,47). The van der Waals surface area contributed by atoms with Gasteiger partial charge in [-0.05, 0) is 79.3 Å². The average Bonchev–Trinajstić information content (AvgIpc) is 3.44. The van der Waals surface area contributed by atoms with E-state index >= 15 is 0 Å². The number of carbonyl (C=O) groups is 3. The first-order valence-corrected chi connectivity index (χ1v) is 15.2. The second-order valence-electron chi connectivity index (χ2n) is 12.6. The number of fused-ring (bicyclic) bond motifs is 1. The topological polar surface area (TPSA) is 175 Å². The summed E-state index contributed by atoms with van der Waals surface area (Å²) in [6.45, 7) is 3.74. The number of halogens is 4. The number of hydrogen-bond donors (Lipinski definition) is 5. The van der Waals surface area contributed by atoms with Crippen LogP contribution in [0.4, 0.5) is 23.2 Å². The second kappa shape index (κ2) is 14.1. The summed E-state index contributed by atoms with van der Waals surface area (Å²) in [4.78, 5) is 36.0. The number of hydrogen-bond acceptors (Lipinski definition) is 7. The van der Waals surface area contributed by atoms with E-state index in [2.05, 4.69) is 15.7 Å². The van der Waals surface area contributed by atoms with Crippen LogP contribution < -0.4 is 26.8 Å². The van der Waals surface area contributed by atoms with E-state index in [0.29, 0.717) is 22.2 Å². The van der Waals surface area contributed by atoms with Gasteiger partial charge in [-0.1, -0.05) is 19.9 Å². The van der Waals surface area contributed by atoms with Crippen molar-refractivity contribution >= 4 is 34.3 Å². The maximum Gasteiger partial charge on any atom is 0.418 e. The molecule has 4 aromatic rings. The molecule has 0 spiro atoms. The molecule has 1 heterocycles. The molecule has 3 aromatic carbocycles. The van der Waals surface area contributed by atoms with Crippen LogP contribution in [0.25, 0.3) is 16.6 Å². The van der Waals surface area contributed by atoms with Crippen LogP contribution in [0.1, 0.15) is 54.6 Å². The largest absolute Gasteiger partial charge is 0.496 e. The van der Waals surface area contributed by atoms with Gasteiger partial charge in [0.2, 0.25) is 11.8 Å². The number of nitrogens with two attached hydrogens (primary N) is 2. The van der Waals surface area contributed by atoms with Gasteiger partial charge in [-0.3, -0.25) is 14.4 Å². The van der Waals surface area contributed by atoms with E-state index in [0.717, 1.165) is 12.1 Å². The normalized spacial score (nSPS) is 13.8. The maximum absolute atomic E-state index is 14.5. The highest BCUT2D eigenvalue weighted by molar-refractivity contribution is 5.98. The molecule has 7 N–H and O–H groups in total. The SMILES string of the molecule is COc1ccc(F)cc1C(C)(C)CC(O)(CNc1cc(C)cc2c1cnn2-c1cccc(C(=O)NC(CCC(N)=O)C(N)=O)c1)C(F)(F)F. The van der Waals surface area contributed by atoms with Crippen molar-refractivity contribution in [3.63, 3.8) is 0 Å². The Morgan fingerprint density at radius 3 is 2.41 bits per heavy atom. The van der Waals surface area contributed by atoms with Gasteiger partial charge in [0.05, 0.1) is 31.1 Å². The predicted molar refractivity (Wildman–Crippen MR) is 175 cm³/mol. The fourth-order valence-electron chi connectivity index (χ4n) is 5.75. The van der Waals surface area contributed by atoms with Gasteiger partial charge in [0.1, 0.15) is 17.6 Å². The Morgan fingerprint density at radius 2 is 1.78 bits per heavy atom. The summed E-state index contributed by atoms with van der Waals surface area (Å²) in [5.74, 6) is -2.61. The van der Waals surface area contributed by atoms with Gasteiger partial charge in [-0.15, -0.1) is 0 Å². The van der Waals surface area contributed by atoms with Gasteiger partial charge in [0.25, 0.3) is 5.91 Å². The number of ether oxygens (including phenoxy) is 1. The van der Waals surface area contributed by atoms with E-state index < -0.39 is 59.7 Å². The van der Waals surface area contributed by atoms with Crippen LogP contribution in [0.15, 0.2) is 60.8 Å². The lowest BCUT2D eigenvalue weighted by molar-refractivity contribution is -0.260. The number of methoxy groups -OCH3 is 1. The van der Waals surface area contributed by atoms with Crippen LogP contribution >= 0.6 is 0 Å². The molecule has 0 aliphatic heterocycles. The molecule has 0 bridgehead atoms. The smallest absolute Gasteiger partial charge is 0.418 e. The van der Waals surface area contributed by atoms with E-state index in [-0.39, 0.29) is 35.4 Å². The number of aryl methyl sites for hydroxylation is 1. The van der Waals surface area contributed by atoms with Crippen molar-refractivity contribution in [3.8, 4) is 11.4 Å². The van der Waals surface area contributed by atoms with Crippen molar-refractivity contribution < 1.29 is 41.8 Å². The number of alkyl halides is 3. The third-order valence-corrected chi connectivity index (χ3v) is 8.24. The number of aliphatic hydroxyl groups is 1. The van der Waals surface area contributed by atoms with Crippen LogP contribution in [0.5, 0.6) is 5.75 Å². The Kier molecular flexibility index (Phi) is 10.6. The van der Waals surface area contributed by atoms with Crippen LogP contribution in [-0.4, -0.2) is 64.1 Å². The zero-order valence-electron chi connectivity index (χ0n) is 27.3. The summed E-state index contributed by atoms with van der Waals surface area (Å²) in [6, 6.07) is 12.0. The van der Waals surface area contributed by atoms with Gasteiger partial charge in [-0.25, -0.2) is 9.07 Å². The van der Waals surface area contributed by atoms with Crippen molar-refractivity contribution in [1.29, 1.82) is 0 Å². The van der Waals surface area contributed by atoms with Crippen LogP contribution in [0.3, 0.4) is 0 Å². The number of primary amides is 2. The number of nitrogens with zero attached hydrogens (tertiary/aromatic N) is 2. The van der Waals surface area contributed by atoms with Crippen molar-refractivity contribution in [2.45, 2.75) is 63.3 Å². The van der Waals surface area contributed by atoms with Crippen LogP contribution in [-0.2, 0) is 15.0 Å². The lowest BCUT2D eigenvalue weighted by Gasteiger charge is -2.38. The fraction of sp³-hybridized carbons (Fsp3) is 0.353. The molecule has 0 saturated carbocycles. The Morgan fingerprint density at radius 1 is 1.06 bits per heavy atom. The molecule has 15 heteroatoms. The highest BCUT2D eigenvalue weighted by Gasteiger charge is 2.56. The number of nitrogens with one attached hydrogen (secondary N) is 2. The quantitative estimate of drug-likeness (QED) is 0.122. The molecule has 0 saturated heterocycles. The van der Waals surface area contributed by atoms with Crippen molar-refractivity contribution in [3.05, 3.63) is 83.3 Å². The number of anilines is 1. The van der Waals surface area contributed by atoms with Crippen molar-refractivity contribution in [1.82, 2.24) is 15.1 Å². The Balaban J connectivity index is 1.63. The van der Waals surface area contributed by atoms with Crippen LogP contribution in [0, 0.1) is 12.7 Å². The monoisotopic (exact) mass is 686 g/mol. The molecule has 0 aliphatic carbocycles. The van der Waals surface area contributed by atoms with E-state index in [4.69, 9.17) is 16.2 Å². The van der Waals surface area contributed by atoms with Gasteiger partial charge < -0.3 is 31.9 Å². The first-order valence-electron chi connectivity index (χ1n) is 15.2. The third kappa shape index (κ3) is 8.28. The van der Waals surface area contributed by atoms with Gasteiger partial charge in [0.15, 0.2) is 5.60 Å². The molecule has 4 rings (SSSR count). The fourth-order valence-corrected chi connectivity index (χ4v) is 5.75. The highest BCUT2D eigenvalue weighted by atomic mass is 19.4. The molecule has 262 valence electrons. The molecule has 3 amide bonds. The van der Waals surface area contributed by atoms with Gasteiger partial charge in [0, 0.05) is 28.6 Å². The van der Waals surface area contributed by atoms with Crippen LogP contribution in [0.2, 0.25) is 0 Å². The van der Waals surface area contributed by atoms with Crippen molar-refractivity contribution in [2.75, 3.05) is 19.0 Å². The van der Waals surface area contributed by atoms with E-state index in [9.17, 15) is 37.1 Å². The average molecular weight is 687 g/mol. The molecule has 11 nitrogen and oxygen atoms in total. The summed E-state index contributed by atoms with van der Waals surface area (Å²) in [6.07, 6.45) is -4.69. The summed E-state index contributed by atoms with van der Waals surface area (Å²) in [7, 11) is 1.33. The lowest BCUT2D eigenvalue weighted by Crippen LogP contribution is -2.53. The Labute approximate surface area is 279 Å². The molecular weight excluding hydrogens is 648 g/mol. The van der Waals surface area contributed by atoms with Crippen molar-refractivity contribution in [2.24, 2.45) is 11.5 Å². The molecular formula is C34H38F4N6O5. The summed E-state index contributed by atoms with van der Waals surface area (Å²) < 4.78 is 64.5. The number of carbonyl (C=O) groups excluding carboxylic acids is 3. The second-order valence-corrected chi connectivity index (χ2v) is 12.6. The molecule has 2 atom stereocenters. The first kappa shape index (κ1) is 36.7. The number of aromatic nitrogens is 2. The molecule has 2 unspecified atom stereocenters. The number of rotatable bonds is 14. The Hall–Kier alpha value is -5.18. The minimum atomic E-state index is -5.07. The Bertz CT molecular complexity index is 1880. The zero-order chi connectivity index (χ0) is 36.3. The molecule has 0 fully saturated rings. The summed E-state index contributed by atoms with van der Waals surface area (Å²) >= 11 is 0. The lowest BCUT2D eigenvalue weighted by atomic mass is 9.74. The summed E-state index contributed by atoms with van der Waals surface area (Å²) in [5.41, 5.74) is 8.04. The summed E-state index contributed by atoms with van der Waals surface area (Å²) in [5, 5.41) is 21.3. The maximum atomic E-state index is 14.5. The minimum Gasteiger partial charge on any atom is -0.496 e. The number of amides is 3. The van der Waals surface area contributed by atoms with E-state index in [1.807, 2.05) is 0 Å². The molecule has 0 aliphatic rings. The predicted octanol–water partition coefficient (Wildman–Crippen LogP) is 4.40. The minimum absolute atomic E-state index is 0.0745. The molecule has 49 heavy (non-hydrogen) atoms. The van der Waals surface area contributed by atoms with E-state index in [1.54, 1.807) is 31.2 Å².